The van der Waals surface area contributed by atoms with Gasteiger partial charge in [-0.15, -0.1) is 0 Å². The quantitative estimate of drug-likeness (QED) is 0.125. The van der Waals surface area contributed by atoms with Crippen molar-refractivity contribution in [2.45, 2.75) is 53.6 Å². The van der Waals surface area contributed by atoms with Crippen LogP contribution < -0.4 is 15.0 Å². The Bertz CT molecular complexity index is 1690. The molecule has 0 saturated carbocycles. The van der Waals surface area contributed by atoms with E-state index in [1.165, 1.54) is 4.68 Å². The van der Waals surface area contributed by atoms with Crippen LogP contribution in [0, 0.1) is 6.92 Å². The van der Waals surface area contributed by atoms with Gasteiger partial charge in [-0.05, 0) is 119 Å². The molecule has 0 unspecified atom stereocenters. The second-order valence-corrected chi connectivity index (χ2v) is 12.0. The van der Waals surface area contributed by atoms with Crippen molar-refractivity contribution in [3.63, 3.8) is 0 Å². The Morgan fingerprint density at radius 3 is 2.38 bits per heavy atom. The van der Waals surface area contributed by atoms with E-state index < -0.39 is 5.97 Å². The van der Waals surface area contributed by atoms with Crippen LogP contribution in [0.15, 0.2) is 67.4 Å². The number of para-hydroxylation sites is 1. The molecule has 0 aliphatic rings. The maximum Gasteiger partial charge on any atom is 0.344 e. The second kappa shape index (κ2) is 13.6. The van der Waals surface area contributed by atoms with Gasteiger partial charge >= 0.3 is 5.97 Å². The van der Waals surface area contributed by atoms with E-state index in [1.54, 1.807) is 38.3 Å². The molecule has 0 saturated heterocycles. The van der Waals surface area contributed by atoms with Crippen molar-refractivity contribution in [3.05, 3.63) is 84.5 Å². The minimum Gasteiger partial charge on any atom is -0.494 e. The lowest BCUT2D eigenvalue weighted by atomic mass is 9.96. The largest absolute Gasteiger partial charge is 0.494 e. The van der Waals surface area contributed by atoms with Gasteiger partial charge in [0.25, 0.3) is 5.56 Å². The lowest BCUT2D eigenvalue weighted by molar-refractivity contribution is -0.149. The van der Waals surface area contributed by atoms with Gasteiger partial charge in [-0.25, -0.2) is 9.78 Å². The first-order valence-electron chi connectivity index (χ1n) is 13.6. The highest BCUT2D eigenvalue weighted by Gasteiger charge is 2.19. The highest BCUT2D eigenvalue weighted by Crippen LogP contribution is 2.36. The minimum atomic E-state index is -0.463. The average Bonchev–Trinajstić information content (AvgIpc) is 2.92. The van der Waals surface area contributed by atoms with Crippen molar-refractivity contribution in [1.82, 2.24) is 9.66 Å². The van der Waals surface area contributed by atoms with Crippen molar-refractivity contribution >= 4 is 54.9 Å². The topological polar surface area (TPSA) is 92.0 Å². The van der Waals surface area contributed by atoms with E-state index in [9.17, 15) is 9.59 Å². The molecule has 0 aliphatic heterocycles. The fraction of sp³-hybridized carbons (Fsp3) is 0.312. The predicted molar refractivity (Wildman–Crippen MR) is 173 cm³/mol. The molecule has 0 radical (unpaired) electrons. The van der Waals surface area contributed by atoms with Gasteiger partial charge in [0, 0.05) is 5.56 Å². The van der Waals surface area contributed by atoms with Crippen molar-refractivity contribution in [2.24, 2.45) is 5.10 Å². The van der Waals surface area contributed by atoms with Gasteiger partial charge in [0.1, 0.15) is 11.5 Å². The molecule has 0 spiro atoms. The smallest absolute Gasteiger partial charge is 0.344 e. The number of fused-ring (bicyclic) bond motifs is 1. The van der Waals surface area contributed by atoms with E-state index in [2.05, 4.69) is 50.8 Å². The fourth-order valence-corrected chi connectivity index (χ4v) is 5.87. The Hall–Kier alpha value is -3.50. The van der Waals surface area contributed by atoms with Crippen LogP contribution in [0.3, 0.4) is 0 Å². The summed E-state index contributed by atoms with van der Waals surface area (Å²) in [5.41, 5.74) is 3.72. The molecule has 0 aliphatic carbocycles. The number of rotatable bonds is 10. The maximum absolute atomic E-state index is 13.8. The van der Waals surface area contributed by atoms with Gasteiger partial charge in [0.05, 0.1) is 38.8 Å². The van der Waals surface area contributed by atoms with E-state index in [4.69, 9.17) is 19.2 Å². The van der Waals surface area contributed by atoms with Gasteiger partial charge in [-0.2, -0.15) is 9.78 Å². The van der Waals surface area contributed by atoms with Gasteiger partial charge in [0.15, 0.2) is 12.4 Å². The first-order valence-corrected chi connectivity index (χ1v) is 15.2. The van der Waals surface area contributed by atoms with E-state index in [-0.39, 0.29) is 24.2 Å². The number of aryl methyl sites for hydroxylation is 1. The van der Waals surface area contributed by atoms with Crippen LogP contribution in [0.5, 0.6) is 11.5 Å². The number of carbonyl (C=O) groups excluding carboxylic acids is 1. The third-order valence-electron chi connectivity index (χ3n) is 6.32. The monoisotopic (exact) mass is 697 g/mol. The Morgan fingerprint density at radius 1 is 1.05 bits per heavy atom. The van der Waals surface area contributed by atoms with E-state index in [0.717, 1.165) is 22.4 Å². The van der Waals surface area contributed by atoms with Crippen LogP contribution in [0.4, 0.5) is 0 Å². The van der Waals surface area contributed by atoms with Gasteiger partial charge in [-0.1, -0.05) is 26.0 Å². The molecule has 1 aromatic heterocycles. The summed E-state index contributed by atoms with van der Waals surface area (Å²) in [5.74, 6) is 1.43. The number of halogens is 2. The highest BCUT2D eigenvalue weighted by molar-refractivity contribution is 9.11. The number of ether oxygens (including phenoxy) is 3. The zero-order chi connectivity index (χ0) is 30.6. The molecule has 3 aromatic carbocycles. The molecule has 8 nitrogen and oxygen atoms in total. The molecular formula is C32H33Br2N3O5. The summed E-state index contributed by atoms with van der Waals surface area (Å²) in [6.45, 7) is 12.0. The SMILES string of the molecule is CCOc1cc(C)c(-c2nc3ccccc3c(=O)n2N=Cc2cc(Br)c(OCC(=O)OC(C)C)c(Br)c2)cc1C(C)C. The first-order chi connectivity index (χ1) is 20.0. The number of nitrogens with zero attached hydrogens (tertiary/aromatic N) is 3. The maximum atomic E-state index is 13.8. The molecule has 4 aromatic rings. The summed E-state index contributed by atoms with van der Waals surface area (Å²) < 4.78 is 19.3. The normalized spacial score (nSPS) is 11.6. The Balaban J connectivity index is 1.79. The van der Waals surface area contributed by atoms with Crippen LogP contribution in [-0.2, 0) is 9.53 Å². The molecule has 10 heteroatoms. The predicted octanol–water partition coefficient (Wildman–Crippen LogP) is 7.63. The van der Waals surface area contributed by atoms with Gasteiger partial charge < -0.3 is 14.2 Å². The minimum absolute atomic E-state index is 0.192. The summed E-state index contributed by atoms with van der Waals surface area (Å²) in [7, 11) is 0. The van der Waals surface area contributed by atoms with E-state index >= 15 is 0 Å². The lowest BCUT2D eigenvalue weighted by Crippen LogP contribution is -2.21. The standard InChI is InChI=1S/C32H33Br2N3O5/c1-7-40-28-12-20(6)24(15-23(28)18(2)3)31-36-27-11-9-8-10-22(27)32(39)37(31)35-16-21-13-25(33)30(26(34)14-21)41-17-29(38)42-19(4)5/h8-16,18-19H,7,17H2,1-6H3. The summed E-state index contributed by atoms with van der Waals surface area (Å²) in [4.78, 5) is 30.6. The molecule has 220 valence electrons. The van der Waals surface area contributed by atoms with Gasteiger partial charge in [0.2, 0.25) is 0 Å². The zero-order valence-corrected chi connectivity index (χ0v) is 27.6. The number of hydrogen-bond acceptors (Lipinski definition) is 7. The summed E-state index contributed by atoms with van der Waals surface area (Å²) in [6, 6.07) is 14.8. The lowest BCUT2D eigenvalue weighted by Gasteiger charge is -2.18. The Labute approximate surface area is 262 Å². The highest BCUT2D eigenvalue weighted by atomic mass is 79.9. The van der Waals surface area contributed by atoms with Crippen LogP contribution >= 0.6 is 31.9 Å². The number of hydrogen-bond donors (Lipinski definition) is 0. The van der Waals surface area contributed by atoms with Crippen molar-refractivity contribution in [3.8, 4) is 22.9 Å². The molecule has 0 fully saturated rings. The van der Waals surface area contributed by atoms with Crippen molar-refractivity contribution < 1.29 is 19.0 Å². The zero-order valence-electron chi connectivity index (χ0n) is 24.4. The van der Waals surface area contributed by atoms with Crippen LogP contribution in [0.1, 0.15) is 57.2 Å². The molecule has 0 N–H and O–H groups in total. The van der Waals surface area contributed by atoms with Gasteiger partial charge in [-0.3, -0.25) is 4.79 Å². The Kier molecular flexibility index (Phi) is 10.2. The molecular weight excluding hydrogens is 666 g/mol. The fourth-order valence-electron chi connectivity index (χ4n) is 4.42. The number of esters is 1. The van der Waals surface area contributed by atoms with E-state index in [1.807, 2.05) is 44.2 Å². The number of aromatic nitrogens is 2. The summed E-state index contributed by atoms with van der Waals surface area (Å²) in [5, 5.41) is 5.09. The molecule has 0 amide bonds. The number of carbonyl (C=O) groups is 1. The van der Waals surface area contributed by atoms with E-state index in [0.29, 0.717) is 43.6 Å². The van der Waals surface area contributed by atoms with Crippen LogP contribution in [0.2, 0.25) is 0 Å². The number of benzene rings is 3. The van der Waals surface area contributed by atoms with Crippen molar-refractivity contribution in [1.29, 1.82) is 0 Å². The molecule has 1 heterocycles. The molecule has 4 rings (SSSR count). The van der Waals surface area contributed by atoms with Crippen molar-refractivity contribution in [2.75, 3.05) is 13.2 Å². The molecule has 42 heavy (non-hydrogen) atoms. The Morgan fingerprint density at radius 2 is 1.74 bits per heavy atom. The summed E-state index contributed by atoms with van der Waals surface area (Å²) in [6.07, 6.45) is 1.36. The third-order valence-corrected chi connectivity index (χ3v) is 7.50. The van der Waals surface area contributed by atoms with Crippen LogP contribution in [-0.4, -0.2) is 41.2 Å². The first kappa shape index (κ1) is 31.4. The second-order valence-electron chi connectivity index (χ2n) is 10.2. The summed E-state index contributed by atoms with van der Waals surface area (Å²) >= 11 is 7.02. The molecule has 0 bridgehead atoms. The molecule has 0 atom stereocenters. The average molecular weight is 699 g/mol. The van der Waals surface area contributed by atoms with Crippen LogP contribution in [0.25, 0.3) is 22.3 Å². The third kappa shape index (κ3) is 7.10.